The number of hydrogen-bond acceptors (Lipinski definition) is 1. The first kappa shape index (κ1) is 7.78. The Labute approximate surface area is 79.2 Å². The quantitative estimate of drug-likeness (QED) is 0.561. The number of Topliss-reactive ketones (excluding diaryl/α,β-unsaturated/α-hetero) is 1. The summed E-state index contributed by atoms with van der Waals surface area (Å²) in [4.78, 5) is 11.4. The summed E-state index contributed by atoms with van der Waals surface area (Å²) in [6.07, 6.45) is 9.39. The van der Waals surface area contributed by atoms with E-state index in [1.54, 1.807) is 5.57 Å². The zero-order chi connectivity index (χ0) is 8.84. The molecule has 0 amide bonds. The maximum Gasteiger partial charge on any atom is 0.133 e. The highest BCUT2D eigenvalue weighted by atomic mass is 16.1. The largest absolute Gasteiger partial charge is 0.300 e. The van der Waals surface area contributed by atoms with Crippen LogP contribution >= 0.6 is 0 Å². The number of carbonyl (C=O) groups is 1. The molecule has 13 heavy (non-hydrogen) atoms. The average Bonchev–Trinajstić information content (AvgIpc) is 2.87. The first-order chi connectivity index (χ1) is 6.34. The van der Waals surface area contributed by atoms with Crippen molar-refractivity contribution in [1.29, 1.82) is 0 Å². The van der Waals surface area contributed by atoms with Crippen LogP contribution in [0, 0.1) is 17.8 Å². The molecule has 3 aliphatic carbocycles. The molecule has 1 nitrogen and oxygen atoms in total. The van der Waals surface area contributed by atoms with Gasteiger partial charge in [-0.15, -0.1) is 0 Å². The summed E-state index contributed by atoms with van der Waals surface area (Å²) in [7, 11) is 0. The predicted molar refractivity (Wildman–Crippen MR) is 51.3 cm³/mol. The van der Waals surface area contributed by atoms with Crippen LogP contribution in [0.2, 0.25) is 0 Å². The second-order valence-corrected chi connectivity index (χ2v) is 4.86. The number of ketones is 1. The lowest BCUT2D eigenvalue weighted by Crippen LogP contribution is -2.23. The molecule has 0 saturated heterocycles. The van der Waals surface area contributed by atoms with Crippen LogP contribution in [-0.4, -0.2) is 5.78 Å². The van der Waals surface area contributed by atoms with E-state index in [2.05, 4.69) is 6.08 Å². The fourth-order valence-electron chi connectivity index (χ4n) is 3.06. The van der Waals surface area contributed by atoms with Crippen LogP contribution in [0.15, 0.2) is 11.6 Å². The minimum atomic E-state index is 0.509. The van der Waals surface area contributed by atoms with Gasteiger partial charge in [-0.3, -0.25) is 4.79 Å². The highest BCUT2D eigenvalue weighted by Gasteiger charge is 2.40. The molecular formula is C12H16O. The second-order valence-electron chi connectivity index (χ2n) is 4.86. The third kappa shape index (κ3) is 1.25. The molecule has 0 aromatic rings. The van der Waals surface area contributed by atoms with E-state index < -0.39 is 0 Å². The third-order valence-corrected chi connectivity index (χ3v) is 3.94. The number of rotatable bonds is 1. The van der Waals surface area contributed by atoms with Crippen molar-refractivity contribution >= 4 is 5.78 Å². The van der Waals surface area contributed by atoms with Crippen molar-refractivity contribution in [2.45, 2.75) is 38.5 Å². The molecule has 0 spiro atoms. The van der Waals surface area contributed by atoms with E-state index in [0.29, 0.717) is 11.7 Å². The monoisotopic (exact) mass is 176 g/mol. The van der Waals surface area contributed by atoms with Gasteiger partial charge in [0.05, 0.1) is 0 Å². The van der Waals surface area contributed by atoms with E-state index in [-0.39, 0.29) is 0 Å². The van der Waals surface area contributed by atoms with Gasteiger partial charge in [0.25, 0.3) is 0 Å². The summed E-state index contributed by atoms with van der Waals surface area (Å²) in [6.45, 7) is 0. The van der Waals surface area contributed by atoms with Crippen LogP contribution in [0.5, 0.6) is 0 Å². The predicted octanol–water partition coefficient (Wildman–Crippen LogP) is 2.71. The molecule has 0 aliphatic heterocycles. The maximum absolute atomic E-state index is 11.4. The van der Waals surface area contributed by atoms with Crippen molar-refractivity contribution in [3.05, 3.63) is 11.6 Å². The minimum absolute atomic E-state index is 0.509. The molecule has 2 atom stereocenters. The third-order valence-electron chi connectivity index (χ3n) is 3.94. The highest BCUT2D eigenvalue weighted by molar-refractivity contribution is 5.80. The second kappa shape index (κ2) is 2.70. The van der Waals surface area contributed by atoms with Crippen LogP contribution < -0.4 is 0 Å². The number of carbonyl (C=O) groups excluding carboxylic acids is 1. The smallest absolute Gasteiger partial charge is 0.133 e. The van der Waals surface area contributed by atoms with E-state index in [9.17, 15) is 4.79 Å². The standard InChI is InChI=1S/C12H16O/c13-10-5-3-9-4-6-11(8-1-2-8)12(9)7-10/h6,8-9,12H,1-5,7H2/t9-,12-/m0/s1. The normalized spacial score (nSPS) is 38.8. The van der Waals surface area contributed by atoms with Gasteiger partial charge >= 0.3 is 0 Å². The zero-order valence-electron chi connectivity index (χ0n) is 7.96. The number of allylic oxidation sites excluding steroid dienone is 2. The topological polar surface area (TPSA) is 17.1 Å². The van der Waals surface area contributed by atoms with Crippen molar-refractivity contribution < 1.29 is 4.79 Å². The fraction of sp³-hybridized carbons (Fsp3) is 0.750. The first-order valence-electron chi connectivity index (χ1n) is 5.56. The average molecular weight is 176 g/mol. The fourth-order valence-corrected chi connectivity index (χ4v) is 3.06. The van der Waals surface area contributed by atoms with Crippen LogP contribution in [0.4, 0.5) is 0 Å². The summed E-state index contributed by atoms with van der Waals surface area (Å²) in [5.74, 6) is 2.91. The highest BCUT2D eigenvalue weighted by Crippen LogP contribution is 2.50. The molecule has 0 N–H and O–H groups in total. The van der Waals surface area contributed by atoms with Gasteiger partial charge in [-0.05, 0) is 43.4 Å². The molecule has 0 bridgehead atoms. The molecule has 2 fully saturated rings. The van der Waals surface area contributed by atoms with Gasteiger partial charge in [0.1, 0.15) is 5.78 Å². The Morgan fingerprint density at radius 1 is 1.23 bits per heavy atom. The van der Waals surface area contributed by atoms with Gasteiger partial charge in [-0.1, -0.05) is 11.6 Å². The van der Waals surface area contributed by atoms with Crippen LogP contribution in [0.3, 0.4) is 0 Å². The lowest BCUT2D eigenvalue weighted by molar-refractivity contribution is -0.122. The molecule has 1 heteroatoms. The van der Waals surface area contributed by atoms with Crippen molar-refractivity contribution in [2.75, 3.05) is 0 Å². The molecule has 0 aromatic carbocycles. The summed E-state index contributed by atoms with van der Waals surface area (Å²) in [5.41, 5.74) is 1.66. The van der Waals surface area contributed by atoms with Crippen molar-refractivity contribution in [3.63, 3.8) is 0 Å². The SMILES string of the molecule is O=C1CC[C@H]2CC=C(C3CC3)[C@H]2C1. The van der Waals surface area contributed by atoms with Gasteiger partial charge in [0.2, 0.25) is 0 Å². The summed E-state index contributed by atoms with van der Waals surface area (Å²) >= 11 is 0. The van der Waals surface area contributed by atoms with E-state index in [1.807, 2.05) is 0 Å². The Kier molecular flexibility index (Phi) is 1.61. The zero-order valence-corrected chi connectivity index (χ0v) is 7.96. The Balaban J connectivity index is 1.80. The Morgan fingerprint density at radius 3 is 2.85 bits per heavy atom. The van der Waals surface area contributed by atoms with Gasteiger partial charge < -0.3 is 0 Å². The first-order valence-corrected chi connectivity index (χ1v) is 5.56. The number of fused-ring (bicyclic) bond motifs is 1. The summed E-state index contributed by atoms with van der Waals surface area (Å²) in [5, 5.41) is 0. The van der Waals surface area contributed by atoms with E-state index in [1.165, 1.54) is 19.3 Å². The van der Waals surface area contributed by atoms with Gasteiger partial charge in [-0.2, -0.15) is 0 Å². The van der Waals surface area contributed by atoms with E-state index in [4.69, 9.17) is 0 Å². The molecule has 0 radical (unpaired) electrons. The molecule has 70 valence electrons. The molecule has 3 aliphatic rings. The van der Waals surface area contributed by atoms with Gasteiger partial charge in [0, 0.05) is 12.8 Å². The molecule has 0 unspecified atom stereocenters. The van der Waals surface area contributed by atoms with Crippen molar-refractivity contribution in [1.82, 2.24) is 0 Å². The van der Waals surface area contributed by atoms with Crippen molar-refractivity contribution in [2.24, 2.45) is 17.8 Å². The molecule has 0 aromatic heterocycles. The molecular weight excluding hydrogens is 160 g/mol. The number of hydrogen-bond donors (Lipinski definition) is 0. The Hall–Kier alpha value is -0.590. The van der Waals surface area contributed by atoms with Gasteiger partial charge in [0.15, 0.2) is 0 Å². The van der Waals surface area contributed by atoms with E-state index in [0.717, 1.165) is 31.1 Å². The van der Waals surface area contributed by atoms with Crippen LogP contribution in [-0.2, 0) is 4.79 Å². The lowest BCUT2D eigenvalue weighted by atomic mass is 9.77. The Morgan fingerprint density at radius 2 is 2.08 bits per heavy atom. The van der Waals surface area contributed by atoms with Gasteiger partial charge in [-0.25, -0.2) is 0 Å². The van der Waals surface area contributed by atoms with E-state index >= 15 is 0 Å². The lowest BCUT2D eigenvalue weighted by Gasteiger charge is -2.26. The maximum atomic E-state index is 11.4. The molecule has 2 saturated carbocycles. The van der Waals surface area contributed by atoms with Crippen LogP contribution in [0.25, 0.3) is 0 Å². The summed E-state index contributed by atoms with van der Waals surface area (Å²) < 4.78 is 0. The Bertz CT molecular complexity index is 273. The van der Waals surface area contributed by atoms with Crippen LogP contribution in [0.1, 0.15) is 38.5 Å². The molecule has 3 rings (SSSR count). The van der Waals surface area contributed by atoms with Crippen molar-refractivity contribution in [3.8, 4) is 0 Å². The summed E-state index contributed by atoms with van der Waals surface area (Å²) in [6, 6.07) is 0. The molecule has 0 heterocycles. The minimum Gasteiger partial charge on any atom is -0.300 e.